The second-order valence-corrected chi connectivity index (χ2v) is 4.23. The summed E-state index contributed by atoms with van der Waals surface area (Å²) in [6.07, 6.45) is 1.43. The number of hydrogen-bond donors (Lipinski definition) is 2. The molecule has 5 nitrogen and oxygen atoms in total. The van der Waals surface area contributed by atoms with Crippen molar-refractivity contribution in [1.29, 1.82) is 0 Å². The highest BCUT2D eigenvalue weighted by Gasteiger charge is 2.15. The fraction of sp³-hybridized carbons (Fsp3) is 0.583. The lowest BCUT2D eigenvalue weighted by Crippen LogP contribution is -2.35. The molecule has 0 aliphatic rings. The minimum absolute atomic E-state index is 0.0137. The average molecular weight is 240 g/mol. The Morgan fingerprint density at radius 2 is 2.29 bits per heavy atom. The zero-order chi connectivity index (χ0) is 12.8. The van der Waals surface area contributed by atoms with Crippen LogP contribution >= 0.6 is 0 Å². The van der Waals surface area contributed by atoms with Crippen LogP contribution in [0.15, 0.2) is 16.7 Å². The number of nitrogens with one attached hydrogen (secondary N) is 1. The molecule has 1 rings (SSSR count). The molecule has 0 radical (unpaired) electrons. The molecule has 17 heavy (non-hydrogen) atoms. The number of rotatable bonds is 6. The van der Waals surface area contributed by atoms with Gasteiger partial charge in [0.25, 0.3) is 5.91 Å². The van der Waals surface area contributed by atoms with E-state index in [0.29, 0.717) is 30.3 Å². The Kier molecular flexibility index (Phi) is 5.18. The number of ether oxygens (including phenoxy) is 1. The highest BCUT2D eigenvalue weighted by atomic mass is 16.5. The first-order chi connectivity index (χ1) is 8.08. The number of hydrogen-bond acceptors (Lipinski definition) is 4. The van der Waals surface area contributed by atoms with Crippen LogP contribution in [-0.4, -0.2) is 25.7 Å². The van der Waals surface area contributed by atoms with E-state index >= 15 is 0 Å². The highest BCUT2D eigenvalue weighted by molar-refractivity contribution is 5.93. The van der Waals surface area contributed by atoms with Crippen LogP contribution in [0, 0.1) is 5.92 Å². The fourth-order valence-electron chi connectivity index (χ4n) is 1.49. The van der Waals surface area contributed by atoms with Crippen LogP contribution in [0.25, 0.3) is 0 Å². The molecule has 0 saturated carbocycles. The minimum atomic E-state index is -0.170. The zero-order valence-electron chi connectivity index (χ0n) is 10.5. The van der Waals surface area contributed by atoms with E-state index in [-0.39, 0.29) is 12.0 Å². The maximum Gasteiger partial charge on any atom is 0.254 e. The first-order valence-corrected chi connectivity index (χ1v) is 5.67. The van der Waals surface area contributed by atoms with Crippen molar-refractivity contribution in [2.24, 2.45) is 11.7 Å². The topological polar surface area (TPSA) is 77.5 Å². The van der Waals surface area contributed by atoms with Gasteiger partial charge >= 0.3 is 0 Å². The normalized spacial score (nSPS) is 12.8. The minimum Gasteiger partial charge on any atom is -0.467 e. The van der Waals surface area contributed by atoms with Gasteiger partial charge in [-0.15, -0.1) is 0 Å². The molecule has 0 aliphatic heterocycles. The SMILES string of the molecule is COC(CNC(=O)c1coc(CN)c1)C(C)C. The Balaban J connectivity index is 2.49. The molecule has 5 heteroatoms. The summed E-state index contributed by atoms with van der Waals surface area (Å²) in [5.41, 5.74) is 5.89. The summed E-state index contributed by atoms with van der Waals surface area (Å²) in [6.45, 7) is 4.87. The number of amides is 1. The van der Waals surface area contributed by atoms with E-state index in [4.69, 9.17) is 14.9 Å². The molecule has 1 unspecified atom stereocenters. The van der Waals surface area contributed by atoms with Crippen molar-refractivity contribution in [2.75, 3.05) is 13.7 Å². The lowest BCUT2D eigenvalue weighted by Gasteiger charge is -2.19. The standard InChI is InChI=1S/C12H20N2O3/c1-8(2)11(16-3)6-14-12(15)9-4-10(5-13)17-7-9/h4,7-8,11H,5-6,13H2,1-3H3,(H,14,15). The predicted octanol–water partition coefficient (Wildman–Crippen LogP) is 1.14. The molecular weight excluding hydrogens is 220 g/mol. The van der Waals surface area contributed by atoms with E-state index in [1.54, 1.807) is 13.2 Å². The van der Waals surface area contributed by atoms with Crippen LogP contribution in [0.3, 0.4) is 0 Å². The van der Waals surface area contributed by atoms with Crippen molar-refractivity contribution >= 4 is 5.91 Å². The second-order valence-electron chi connectivity index (χ2n) is 4.23. The van der Waals surface area contributed by atoms with Crippen LogP contribution < -0.4 is 11.1 Å². The first kappa shape index (κ1) is 13.7. The number of furan rings is 1. The Hall–Kier alpha value is -1.33. The fourth-order valence-corrected chi connectivity index (χ4v) is 1.49. The van der Waals surface area contributed by atoms with Crippen molar-refractivity contribution < 1.29 is 13.9 Å². The molecule has 3 N–H and O–H groups in total. The molecule has 1 aromatic rings. The van der Waals surface area contributed by atoms with Crippen LogP contribution in [0.5, 0.6) is 0 Å². The molecule has 0 aromatic carbocycles. The third kappa shape index (κ3) is 3.87. The molecule has 0 aliphatic carbocycles. The van der Waals surface area contributed by atoms with Crippen molar-refractivity contribution in [3.63, 3.8) is 0 Å². The summed E-state index contributed by atoms with van der Waals surface area (Å²) < 4.78 is 10.4. The molecule has 1 atom stereocenters. The van der Waals surface area contributed by atoms with Gasteiger partial charge in [0.15, 0.2) is 0 Å². The highest BCUT2D eigenvalue weighted by Crippen LogP contribution is 2.08. The third-order valence-electron chi connectivity index (χ3n) is 2.63. The van der Waals surface area contributed by atoms with Gasteiger partial charge < -0.3 is 20.2 Å². The van der Waals surface area contributed by atoms with Crippen LogP contribution in [-0.2, 0) is 11.3 Å². The summed E-state index contributed by atoms with van der Waals surface area (Å²) in [4.78, 5) is 11.7. The van der Waals surface area contributed by atoms with E-state index in [1.165, 1.54) is 6.26 Å². The molecule has 96 valence electrons. The number of carbonyl (C=O) groups is 1. The molecule has 1 aromatic heterocycles. The summed E-state index contributed by atoms with van der Waals surface area (Å²) in [5.74, 6) is 0.780. The van der Waals surface area contributed by atoms with Gasteiger partial charge in [0.2, 0.25) is 0 Å². The molecule has 0 bridgehead atoms. The second kappa shape index (κ2) is 6.42. The average Bonchev–Trinajstić information content (AvgIpc) is 2.77. The maximum atomic E-state index is 11.7. The molecule has 0 fully saturated rings. The molecular formula is C12H20N2O3. The Bertz CT molecular complexity index is 360. The van der Waals surface area contributed by atoms with Crippen LogP contribution in [0.1, 0.15) is 30.0 Å². The van der Waals surface area contributed by atoms with E-state index in [0.717, 1.165) is 0 Å². The molecule has 1 amide bonds. The van der Waals surface area contributed by atoms with Gasteiger partial charge in [-0.05, 0) is 12.0 Å². The van der Waals surface area contributed by atoms with Gasteiger partial charge in [-0.2, -0.15) is 0 Å². The first-order valence-electron chi connectivity index (χ1n) is 5.67. The Morgan fingerprint density at radius 3 is 2.76 bits per heavy atom. The van der Waals surface area contributed by atoms with Crippen molar-refractivity contribution in [3.05, 3.63) is 23.7 Å². The quantitative estimate of drug-likeness (QED) is 0.781. The molecule has 0 spiro atoms. The maximum absolute atomic E-state index is 11.7. The van der Waals surface area contributed by atoms with E-state index in [1.807, 2.05) is 13.8 Å². The Labute approximate surface area is 101 Å². The van der Waals surface area contributed by atoms with Gasteiger partial charge in [0.1, 0.15) is 12.0 Å². The van der Waals surface area contributed by atoms with E-state index in [2.05, 4.69) is 5.32 Å². The number of carbonyl (C=O) groups excluding carboxylic acids is 1. The van der Waals surface area contributed by atoms with Gasteiger partial charge in [-0.25, -0.2) is 0 Å². The zero-order valence-corrected chi connectivity index (χ0v) is 10.5. The van der Waals surface area contributed by atoms with Crippen LogP contribution in [0.2, 0.25) is 0 Å². The number of methoxy groups -OCH3 is 1. The number of nitrogens with two attached hydrogens (primary N) is 1. The van der Waals surface area contributed by atoms with Crippen molar-refractivity contribution in [2.45, 2.75) is 26.5 Å². The summed E-state index contributed by atoms with van der Waals surface area (Å²) in [5, 5.41) is 2.80. The van der Waals surface area contributed by atoms with E-state index in [9.17, 15) is 4.79 Å². The van der Waals surface area contributed by atoms with Gasteiger partial charge in [-0.3, -0.25) is 4.79 Å². The summed E-state index contributed by atoms with van der Waals surface area (Å²) >= 11 is 0. The van der Waals surface area contributed by atoms with Crippen LogP contribution in [0.4, 0.5) is 0 Å². The lowest BCUT2D eigenvalue weighted by molar-refractivity contribution is 0.0605. The molecule has 1 heterocycles. The largest absolute Gasteiger partial charge is 0.467 e. The van der Waals surface area contributed by atoms with Gasteiger partial charge in [0, 0.05) is 13.7 Å². The summed E-state index contributed by atoms with van der Waals surface area (Å²) in [7, 11) is 1.64. The molecule has 0 saturated heterocycles. The lowest BCUT2D eigenvalue weighted by atomic mass is 10.1. The third-order valence-corrected chi connectivity index (χ3v) is 2.63. The predicted molar refractivity (Wildman–Crippen MR) is 64.6 cm³/mol. The van der Waals surface area contributed by atoms with Gasteiger partial charge in [-0.1, -0.05) is 13.8 Å². The van der Waals surface area contributed by atoms with E-state index < -0.39 is 0 Å². The van der Waals surface area contributed by atoms with Crippen molar-refractivity contribution in [3.8, 4) is 0 Å². The monoisotopic (exact) mass is 240 g/mol. The smallest absolute Gasteiger partial charge is 0.254 e. The van der Waals surface area contributed by atoms with Crippen molar-refractivity contribution in [1.82, 2.24) is 5.32 Å². The van der Waals surface area contributed by atoms with Gasteiger partial charge in [0.05, 0.1) is 18.2 Å². The Morgan fingerprint density at radius 1 is 1.59 bits per heavy atom. The summed E-state index contributed by atoms with van der Waals surface area (Å²) in [6, 6.07) is 1.65.